The van der Waals surface area contributed by atoms with E-state index in [0.29, 0.717) is 35.7 Å². The maximum atomic E-state index is 12.8. The number of nitrogens with zero attached hydrogens (tertiary/aromatic N) is 1. The summed E-state index contributed by atoms with van der Waals surface area (Å²) in [7, 11) is -3.57. The zero-order valence-corrected chi connectivity index (χ0v) is 17.3. The van der Waals surface area contributed by atoms with Gasteiger partial charge in [-0.25, -0.2) is 13.2 Å². The standard InChI is InChI=1S/C22H22N2O5S/c1-15-5-4-12-24(14-15)30(27,28)18-10-8-17(9-11-18)23-21(25)19-13-16-6-2-3-7-20(16)29-22(19)26/h2-3,6-11,13,15H,4-5,12,14H2,1H3,(H,23,25)/t15-/m1/s1. The lowest BCUT2D eigenvalue weighted by molar-refractivity contribution is 0.102. The first-order valence-corrected chi connectivity index (χ1v) is 11.2. The van der Waals surface area contributed by atoms with Crippen molar-refractivity contribution in [2.75, 3.05) is 18.4 Å². The average molecular weight is 426 g/mol. The molecule has 1 aliphatic heterocycles. The molecule has 2 aromatic carbocycles. The molecule has 1 aromatic heterocycles. The number of anilines is 1. The predicted octanol–water partition coefficient (Wildman–Crippen LogP) is 3.47. The molecule has 0 aliphatic carbocycles. The van der Waals surface area contributed by atoms with Crippen LogP contribution in [-0.2, 0) is 10.0 Å². The number of para-hydroxylation sites is 1. The van der Waals surface area contributed by atoms with Gasteiger partial charge in [0.2, 0.25) is 10.0 Å². The minimum absolute atomic E-state index is 0.118. The van der Waals surface area contributed by atoms with E-state index in [2.05, 4.69) is 5.32 Å². The third-order valence-electron chi connectivity index (χ3n) is 5.26. The highest BCUT2D eigenvalue weighted by Crippen LogP contribution is 2.24. The number of rotatable bonds is 4. The van der Waals surface area contributed by atoms with Crippen molar-refractivity contribution < 1.29 is 17.6 Å². The summed E-state index contributed by atoms with van der Waals surface area (Å²) < 4.78 is 32.4. The van der Waals surface area contributed by atoms with Gasteiger partial charge in [0.1, 0.15) is 11.1 Å². The number of hydrogen-bond acceptors (Lipinski definition) is 5. The van der Waals surface area contributed by atoms with Gasteiger partial charge in [-0.2, -0.15) is 4.31 Å². The maximum Gasteiger partial charge on any atom is 0.349 e. The molecule has 4 rings (SSSR count). The summed E-state index contributed by atoms with van der Waals surface area (Å²) in [6, 6.07) is 14.4. The van der Waals surface area contributed by atoms with Gasteiger partial charge in [-0.3, -0.25) is 4.79 Å². The topological polar surface area (TPSA) is 96.7 Å². The summed E-state index contributed by atoms with van der Waals surface area (Å²) in [5.74, 6) is -0.282. The summed E-state index contributed by atoms with van der Waals surface area (Å²) in [6.45, 7) is 3.07. The van der Waals surface area contributed by atoms with Crippen LogP contribution in [-0.4, -0.2) is 31.7 Å². The van der Waals surface area contributed by atoms with Gasteiger partial charge < -0.3 is 9.73 Å². The first-order valence-electron chi connectivity index (χ1n) is 9.79. The molecule has 7 nitrogen and oxygen atoms in total. The number of carbonyl (C=O) groups is 1. The number of hydrogen-bond donors (Lipinski definition) is 1. The molecule has 2 heterocycles. The third kappa shape index (κ3) is 4.01. The van der Waals surface area contributed by atoms with Crippen molar-refractivity contribution >= 4 is 32.6 Å². The van der Waals surface area contributed by atoms with Gasteiger partial charge in [0.05, 0.1) is 4.90 Å². The van der Waals surface area contributed by atoms with Gasteiger partial charge in [-0.1, -0.05) is 25.1 Å². The molecular formula is C22H22N2O5S. The molecule has 0 spiro atoms. The second-order valence-corrected chi connectivity index (χ2v) is 9.51. The van der Waals surface area contributed by atoms with Crippen LogP contribution < -0.4 is 10.9 Å². The summed E-state index contributed by atoms with van der Waals surface area (Å²) in [4.78, 5) is 24.9. The zero-order valence-electron chi connectivity index (χ0n) is 16.5. The predicted molar refractivity (Wildman–Crippen MR) is 114 cm³/mol. The molecule has 156 valence electrons. The van der Waals surface area contributed by atoms with E-state index >= 15 is 0 Å². The Morgan fingerprint density at radius 3 is 2.60 bits per heavy atom. The Morgan fingerprint density at radius 2 is 1.87 bits per heavy atom. The second-order valence-electron chi connectivity index (χ2n) is 7.57. The Bertz CT molecular complexity index is 1250. The quantitative estimate of drug-likeness (QED) is 0.645. The largest absolute Gasteiger partial charge is 0.422 e. The molecule has 0 saturated carbocycles. The van der Waals surface area contributed by atoms with Crippen molar-refractivity contribution in [2.45, 2.75) is 24.7 Å². The summed E-state index contributed by atoms with van der Waals surface area (Å²) in [5, 5.41) is 3.26. The number of amides is 1. The molecule has 3 aromatic rings. The highest BCUT2D eigenvalue weighted by molar-refractivity contribution is 7.89. The number of fused-ring (bicyclic) bond motifs is 1. The van der Waals surface area contributed by atoms with Crippen molar-refractivity contribution in [1.82, 2.24) is 4.31 Å². The van der Waals surface area contributed by atoms with Crippen LogP contribution in [0.2, 0.25) is 0 Å². The average Bonchev–Trinajstić information content (AvgIpc) is 2.73. The Morgan fingerprint density at radius 1 is 1.13 bits per heavy atom. The fourth-order valence-electron chi connectivity index (χ4n) is 3.64. The van der Waals surface area contributed by atoms with E-state index in [0.717, 1.165) is 12.8 Å². The van der Waals surface area contributed by atoms with Crippen LogP contribution in [0.15, 0.2) is 68.7 Å². The van der Waals surface area contributed by atoms with Crippen LogP contribution in [0.25, 0.3) is 11.0 Å². The molecule has 1 saturated heterocycles. The smallest absolute Gasteiger partial charge is 0.349 e. The molecule has 1 fully saturated rings. The normalized spacial score (nSPS) is 17.7. The van der Waals surface area contributed by atoms with Crippen LogP contribution in [0.3, 0.4) is 0 Å². The van der Waals surface area contributed by atoms with Gasteiger partial charge in [0.15, 0.2) is 0 Å². The first kappa shape index (κ1) is 20.3. The Hall–Kier alpha value is -2.97. The summed E-state index contributed by atoms with van der Waals surface area (Å²) in [6.07, 6.45) is 1.88. The zero-order chi connectivity index (χ0) is 21.3. The number of nitrogens with one attached hydrogen (secondary N) is 1. The summed E-state index contributed by atoms with van der Waals surface area (Å²) >= 11 is 0. The molecule has 0 radical (unpaired) electrons. The fraction of sp³-hybridized carbons (Fsp3) is 0.273. The lowest BCUT2D eigenvalue weighted by Gasteiger charge is -2.30. The van der Waals surface area contributed by atoms with Crippen LogP contribution in [0.5, 0.6) is 0 Å². The van der Waals surface area contributed by atoms with Gasteiger partial charge >= 0.3 is 5.63 Å². The first-order chi connectivity index (χ1) is 14.3. The number of benzene rings is 2. The molecule has 1 amide bonds. The fourth-order valence-corrected chi connectivity index (χ4v) is 5.24. The van der Waals surface area contributed by atoms with Crippen LogP contribution >= 0.6 is 0 Å². The van der Waals surface area contributed by atoms with Crippen molar-refractivity contribution in [3.63, 3.8) is 0 Å². The van der Waals surface area contributed by atoms with Gasteiger partial charge in [0, 0.05) is 24.2 Å². The lowest BCUT2D eigenvalue weighted by atomic mass is 10.0. The van der Waals surface area contributed by atoms with Crippen molar-refractivity contribution in [3.8, 4) is 0 Å². The van der Waals surface area contributed by atoms with E-state index < -0.39 is 21.6 Å². The highest BCUT2D eigenvalue weighted by Gasteiger charge is 2.28. The van der Waals surface area contributed by atoms with E-state index in [9.17, 15) is 18.0 Å². The van der Waals surface area contributed by atoms with Crippen LogP contribution in [0, 0.1) is 5.92 Å². The molecule has 1 N–H and O–H groups in total. The van der Waals surface area contributed by atoms with E-state index in [-0.39, 0.29) is 10.5 Å². The monoisotopic (exact) mass is 426 g/mol. The van der Waals surface area contributed by atoms with Crippen molar-refractivity contribution in [1.29, 1.82) is 0 Å². The number of piperidine rings is 1. The van der Waals surface area contributed by atoms with Crippen LogP contribution in [0.4, 0.5) is 5.69 Å². The summed E-state index contributed by atoms with van der Waals surface area (Å²) in [5.41, 5.74) is -0.0588. The molecule has 30 heavy (non-hydrogen) atoms. The highest BCUT2D eigenvalue weighted by atomic mass is 32.2. The van der Waals surface area contributed by atoms with E-state index in [4.69, 9.17) is 4.42 Å². The Balaban J connectivity index is 1.53. The maximum absolute atomic E-state index is 12.8. The minimum atomic E-state index is -3.57. The van der Waals surface area contributed by atoms with E-state index in [1.54, 1.807) is 24.3 Å². The van der Waals surface area contributed by atoms with E-state index in [1.165, 1.54) is 34.6 Å². The van der Waals surface area contributed by atoms with Crippen molar-refractivity contribution in [3.05, 3.63) is 70.6 Å². The molecule has 8 heteroatoms. The van der Waals surface area contributed by atoms with E-state index in [1.807, 2.05) is 6.92 Å². The number of sulfonamides is 1. The Kier molecular flexibility index (Phi) is 5.44. The Labute approximate surface area is 174 Å². The van der Waals surface area contributed by atoms with Gasteiger partial charge in [0.25, 0.3) is 5.91 Å². The molecular weight excluding hydrogens is 404 g/mol. The number of carbonyl (C=O) groups excluding carboxylic acids is 1. The van der Waals surface area contributed by atoms with Crippen LogP contribution in [0.1, 0.15) is 30.1 Å². The molecule has 1 aliphatic rings. The van der Waals surface area contributed by atoms with Gasteiger partial charge in [-0.05, 0) is 55.2 Å². The molecule has 0 bridgehead atoms. The molecule has 0 unspecified atom stereocenters. The van der Waals surface area contributed by atoms with Gasteiger partial charge in [-0.15, -0.1) is 0 Å². The minimum Gasteiger partial charge on any atom is -0.422 e. The third-order valence-corrected chi connectivity index (χ3v) is 7.14. The second kappa shape index (κ2) is 8.04. The lowest BCUT2D eigenvalue weighted by Crippen LogP contribution is -2.39. The van der Waals surface area contributed by atoms with Crippen molar-refractivity contribution in [2.24, 2.45) is 5.92 Å². The molecule has 1 atom stereocenters. The SMILES string of the molecule is C[C@@H]1CCCN(S(=O)(=O)c2ccc(NC(=O)c3cc4ccccc4oc3=O)cc2)C1.